The van der Waals surface area contributed by atoms with Crippen molar-refractivity contribution in [3.63, 3.8) is 0 Å². The third kappa shape index (κ3) is 3.13. The van der Waals surface area contributed by atoms with Crippen LogP contribution in [0.25, 0.3) is 0 Å². The molecular formula is C15H21N5O2. The summed E-state index contributed by atoms with van der Waals surface area (Å²) in [6.45, 7) is 1.97. The fourth-order valence-corrected chi connectivity index (χ4v) is 2.86. The first-order chi connectivity index (χ1) is 10.6. The highest BCUT2D eigenvalue weighted by Gasteiger charge is 2.30. The van der Waals surface area contributed by atoms with Crippen molar-refractivity contribution in [2.45, 2.75) is 44.8 Å². The molecule has 0 saturated heterocycles. The van der Waals surface area contributed by atoms with Crippen molar-refractivity contribution >= 4 is 5.91 Å². The zero-order valence-corrected chi connectivity index (χ0v) is 12.9. The Labute approximate surface area is 129 Å². The van der Waals surface area contributed by atoms with Gasteiger partial charge >= 0.3 is 0 Å². The summed E-state index contributed by atoms with van der Waals surface area (Å²) in [5.74, 6) is 0.734. The third-order valence-corrected chi connectivity index (χ3v) is 4.25. The molecule has 7 nitrogen and oxygen atoms in total. The largest absolute Gasteiger partial charge is 0.485 e. The Morgan fingerprint density at radius 1 is 1.50 bits per heavy atom. The van der Waals surface area contributed by atoms with Crippen LogP contribution in [-0.4, -0.2) is 38.0 Å². The monoisotopic (exact) mass is 303 g/mol. The lowest BCUT2D eigenvalue weighted by Gasteiger charge is -2.21. The number of carbonyl (C=O) groups excluding carboxylic acids is 1. The molecule has 0 bridgehead atoms. The lowest BCUT2D eigenvalue weighted by atomic mass is 10.1. The van der Waals surface area contributed by atoms with Crippen LogP contribution < -0.4 is 10.1 Å². The number of hydrogen-bond acceptors (Lipinski definition) is 4. The normalized spacial score (nSPS) is 21.0. The summed E-state index contributed by atoms with van der Waals surface area (Å²) in [6, 6.07) is 0.0550. The van der Waals surface area contributed by atoms with Gasteiger partial charge in [0.15, 0.2) is 5.75 Å². The summed E-state index contributed by atoms with van der Waals surface area (Å²) in [7, 11) is 1.88. The van der Waals surface area contributed by atoms with Gasteiger partial charge in [-0.05, 0) is 26.2 Å². The van der Waals surface area contributed by atoms with Gasteiger partial charge in [-0.1, -0.05) is 0 Å². The maximum Gasteiger partial charge on any atom is 0.224 e. The van der Waals surface area contributed by atoms with Crippen molar-refractivity contribution in [1.82, 2.24) is 25.3 Å². The number of aryl methyl sites for hydroxylation is 1. The average molecular weight is 303 g/mol. The molecule has 2 heterocycles. The van der Waals surface area contributed by atoms with E-state index in [4.69, 9.17) is 4.74 Å². The van der Waals surface area contributed by atoms with Gasteiger partial charge in [0.05, 0.1) is 31.1 Å². The molecule has 2 aromatic heterocycles. The van der Waals surface area contributed by atoms with Crippen molar-refractivity contribution in [1.29, 1.82) is 0 Å². The van der Waals surface area contributed by atoms with Crippen LogP contribution in [0, 0.1) is 6.92 Å². The summed E-state index contributed by atoms with van der Waals surface area (Å²) in [5.41, 5.74) is 1.98. The van der Waals surface area contributed by atoms with E-state index in [-0.39, 0.29) is 18.1 Å². The van der Waals surface area contributed by atoms with E-state index in [2.05, 4.69) is 20.6 Å². The predicted molar refractivity (Wildman–Crippen MR) is 80.4 cm³/mol. The van der Waals surface area contributed by atoms with Crippen molar-refractivity contribution in [2.75, 3.05) is 0 Å². The van der Waals surface area contributed by atoms with Gasteiger partial charge in [-0.3, -0.25) is 14.6 Å². The van der Waals surface area contributed by atoms with Gasteiger partial charge in [-0.25, -0.2) is 0 Å². The predicted octanol–water partition coefficient (Wildman–Crippen LogP) is 1.11. The summed E-state index contributed by atoms with van der Waals surface area (Å²) < 4.78 is 7.66. The van der Waals surface area contributed by atoms with Crippen molar-refractivity contribution in [3.8, 4) is 5.75 Å². The molecule has 2 atom stereocenters. The molecule has 1 aliphatic carbocycles. The van der Waals surface area contributed by atoms with Gasteiger partial charge in [0, 0.05) is 18.3 Å². The topological polar surface area (TPSA) is 84.8 Å². The van der Waals surface area contributed by atoms with E-state index in [9.17, 15) is 4.79 Å². The quantitative estimate of drug-likeness (QED) is 0.866. The van der Waals surface area contributed by atoms with Gasteiger partial charge < -0.3 is 10.1 Å². The lowest BCUT2D eigenvalue weighted by molar-refractivity contribution is -0.121. The van der Waals surface area contributed by atoms with E-state index in [1.54, 1.807) is 23.3 Å². The van der Waals surface area contributed by atoms with Crippen LogP contribution in [-0.2, 0) is 18.3 Å². The lowest BCUT2D eigenvalue weighted by Crippen LogP contribution is -2.43. The molecule has 1 fully saturated rings. The molecule has 118 valence electrons. The Bertz CT molecular complexity index is 634. The molecule has 1 aliphatic rings. The molecule has 2 aromatic rings. The van der Waals surface area contributed by atoms with Crippen molar-refractivity contribution in [2.24, 2.45) is 7.05 Å². The number of H-pyrrole nitrogens is 1. The highest BCUT2D eigenvalue weighted by Crippen LogP contribution is 2.24. The molecule has 7 heteroatoms. The third-order valence-electron chi connectivity index (χ3n) is 4.25. The van der Waals surface area contributed by atoms with Crippen LogP contribution in [0.5, 0.6) is 5.75 Å². The zero-order chi connectivity index (χ0) is 15.5. The molecule has 1 saturated carbocycles. The van der Waals surface area contributed by atoms with Gasteiger partial charge in [-0.2, -0.15) is 10.2 Å². The van der Waals surface area contributed by atoms with E-state index in [1.165, 1.54) is 0 Å². The summed E-state index contributed by atoms with van der Waals surface area (Å²) >= 11 is 0. The fraction of sp³-hybridized carbons (Fsp3) is 0.533. The van der Waals surface area contributed by atoms with E-state index in [1.807, 2.05) is 14.0 Å². The van der Waals surface area contributed by atoms with Crippen LogP contribution in [0.15, 0.2) is 18.6 Å². The number of aromatic amines is 1. The van der Waals surface area contributed by atoms with Crippen LogP contribution in [0.1, 0.15) is 30.5 Å². The fourth-order valence-electron chi connectivity index (χ4n) is 2.86. The Kier molecular flexibility index (Phi) is 4.13. The summed E-state index contributed by atoms with van der Waals surface area (Å²) in [6.07, 6.45) is 8.43. The minimum atomic E-state index is 0.0107. The molecule has 1 amide bonds. The van der Waals surface area contributed by atoms with Crippen LogP contribution in [0.2, 0.25) is 0 Å². The van der Waals surface area contributed by atoms with Crippen LogP contribution in [0.4, 0.5) is 0 Å². The Morgan fingerprint density at radius 2 is 2.36 bits per heavy atom. The molecular weight excluding hydrogens is 282 g/mol. The molecule has 0 aromatic carbocycles. The number of hydrogen-bond donors (Lipinski definition) is 2. The molecule has 3 rings (SSSR count). The molecule has 2 N–H and O–H groups in total. The van der Waals surface area contributed by atoms with Gasteiger partial charge in [0.2, 0.25) is 5.91 Å². The van der Waals surface area contributed by atoms with E-state index < -0.39 is 0 Å². The summed E-state index contributed by atoms with van der Waals surface area (Å²) in [4.78, 5) is 12.3. The second-order valence-corrected chi connectivity index (χ2v) is 5.75. The number of ether oxygens (including phenoxy) is 1. The van der Waals surface area contributed by atoms with Gasteiger partial charge in [0.1, 0.15) is 6.10 Å². The highest BCUT2D eigenvalue weighted by atomic mass is 16.5. The Hall–Kier alpha value is -2.31. The first-order valence-electron chi connectivity index (χ1n) is 7.56. The van der Waals surface area contributed by atoms with Crippen molar-refractivity contribution < 1.29 is 9.53 Å². The van der Waals surface area contributed by atoms with Gasteiger partial charge in [-0.15, -0.1) is 0 Å². The number of carbonyl (C=O) groups is 1. The SMILES string of the molecule is Cc1c(CC(=O)N[C@H]2CCC[C@H]2Oc2cn[nH]c2)cnn1C. The highest BCUT2D eigenvalue weighted by molar-refractivity contribution is 5.79. The average Bonchev–Trinajstić information content (AvgIpc) is 3.20. The minimum Gasteiger partial charge on any atom is -0.485 e. The standard InChI is InChI=1S/C15H21N5O2/c1-10-11(7-18-20(10)2)6-15(21)19-13-4-3-5-14(13)22-12-8-16-17-9-12/h7-9,13-14H,3-6H2,1-2H3,(H,16,17)(H,19,21)/t13-,14+/m0/s1. The Morgan fingerprint density at radius 3 is 3.05 bits per heavy atom. The number of nitrogens with one attached hydrogen (secondary N) is 2. The number of amides is 1. The second-order valence-electron chi connectivity index (χ2n) is 5.75. The molecule has 0 radical (unpaired) electrons. The second kappa shape index (κ2) is 6.21. The number of rotatable bonds is 5. The number of nitrogens with zero attached hydrogens (tertiary/aromatic N) is 3. The molecule has 22 heavy (non-hydrogen) atoms. The zero-order valence-electron chi connectivity index (χ0n) is 12.9. The number of aromatic nitrogens is 4. The van der Waals surface area contributed by atoms with E-state index in [0.29, 0.717) is 12.2 Å². The Balaban J connectivity index is 1.57. The minimum absolute atomic E-state index is 0.0107. The molecule has 0 spiro atoms. The van der Waals surface area contributed by atoms with Crippen LogP contribution >= 0.6 is 0 Å². The smallest absolute Gasteiger partial charge is 0.224 e. The maximum atomic E-state index is 12.3. The first kappa shape index (κ1) is 14.6. The van der Waals surface area contributed by atoms with E-state index >= 15 is 0 Å². The van der Waals surface area contributed by atoms with Crippen LogP contribution in [0.3, 0.4) is 0 Å². The first-order valence-corrected chi connectivity index (χ1v) is 7.56. The summed E-state index contributed by atoms with van der Waals surface area (Å²) in [5, 5.41) is 13.9. The van der Waals surface area contributed by atoms with Crippen molar-refractivity contribution in [3.05, 3.63) is 29.8 Å². The van der Waals surface area contributed by atoms with Gasteiger partial charge in [0.25, 0.3) is 0 Å². The van der Waals surface area contributed by atoms with E-state index in [0.717, 1.165) is 30.5 Å². The maximum absolute atomic E-state index is 12.3. The molecule has 0 aliphatic heterocycles. The molecule has 0 unspecified atom stereocenters.